The molecular weight excluding hydrogens is 358 g/mol. The zero-order chi connectivity index (χ0) is 17.8. The van der Waals surface area contributed by atoms with Crippen molar-refractivity contribution in [3.63, 3.8) is 0 Å². The van der Waals surface area contributed by atoms with E-state index in [1.165, 1.54) is 11.3 Å². The van der Waals surface area contributed by atoms with Crippen LogP contribution in [0.1, 0.15) is 10.6 Å². The number of carbonyl (C=O) groups is 1. The van der Waals surface area contributed by atoms with Gasteiger partial charge in [-0.2, -0.15) is 0 Å². The predicted molar refractivity (Wildman–Crippen MR) is 100 cm³/mol. The molecule has 1 aromatic carbocycles. The SMILES string of the molecule is COc1ccc(NC(=O)Cc2sc(-c3ccccn3)nc2C)cc1Cl. The van der Waals surface area contributed by atoms with Crippen molar-refractivity contribution in [2.45, 2.75) is 13.3 Å². The Bertz CT molecular complexity index is 897. The van der Waals surface area contributed by atoms with Crippen LogP contribution >= 0.6 is 22.9 Å². The van der Waals surface area contributed by atoms with Gasteiger partial charge in [-0.3, -0.25) is 9.78 Å². The molecular formula is C18H16ClN3O2S. The van der Waals surface area contributed by atoms with Crippen LogP contribution in [0.2, 0.25) is 5.02 Å². The summed E-state index contributed by atoms with van der Waals surface area (Å²) in [5, 5.41) is 4.11. The highest BCUT2D eigenvalue weighted by molar-refractivity contribution is 7.15. The molecule has 3 aromatic rings. The Balaban J connectivity index is 1.71. The number of thiazole rings is 1. The van der Waals surface area contributed by atoms with Crippen molar-refractivity contribution in [3.05, 3.63) is 58.2 Å². The Hall–Kier alpha value is -2.44. The molecule has 0 aliphatic heterocycles. The molecule has 0 saturated carbocycles. The van der Waals surface area contributed by atoms with Gasteiger partial charge in [-0.25, -0.2) is 4.98 Å². The molecule has 0 fully saturated rings. The summed E-state index contributed by atoms with van der Waals surface area (Å²) >= 11 is 7.56. The maximum Gasteiger partial charge on any atom is 0.229 e. The monoisotopic (exact) mass is 373 g/mol. The van der Waals surface area contributed by atoms with E-state index >= 15 is 0 Å². The maximum absolute atomic E-state index is 12.3. The number of hydrogen-bond acceptors (Lipinski definition) is 5. The van der Waals surface area contributed by atoms with Crippen LogP contribution in [-0.2, 0) is 11.2 Å². The maximum atomic E-state index is 12.3. The Morgan fingerprint density at radius 1 is 1.32 bits per heavy atom. The van der Waals surface area contributed by atoms with Crippen LogP contribution < -0.4 is 10.1 Å². The molecule has 0 bridgehead atoms. The zero-order valence-corrected chi connectivity index (χ0v) is 15.3. The number of aromatic nitrogens is 2. The van der Waals surface area contributed by atoms with E-state index in [-0.39, 0.29) is 12.3 Å². The van der Waals surface area contributed by atoms with E-state index in [4.69, 9.17) is 16.3 Å². The quantitative estimate of drug-likeness (QED) is 0.721. The molecule has 0 aliphatic carbocycles. The molecule has 0 spiro atoms. The molecule has 128 valence electrons. The van der Waals surface area contributed by atoms with Crippen LogP contribution in [0.4, 0.5) is 5.69 Å². The number of carbonyl (C=O) groups excluding carboxylic acids is 1. The highest BCUT2D eigenvalue weighted by Crippen LogP contribution is 2.29. The fourth-order valence-corrected chi connectivity index (χ4v) is 3.58. The van der Waals surface area contributed by atoms with E-state index in [1.54, 1.807) is 31.5 Å². The number of nitrogens with one attached hydrogen (secondary N) is 1. The largest absolute Gasteiger partial charge is 0.495 e. The summed E-state index contributed by atoms with van der Waals surface area (Å²) in [5.41, 5.74) is 2.28. The van der Waals surface area contributed by atoms with Crippen LogP contribution in [0.5, 0.6) is 5.75 Å². The van der Waals surface area contributed by atoms with E-state index in [0.29, 0.717) is 16.5 Å². The fraction of sp³-hybridized carbons (Fsp3) is 0.167. The van der Waals surface area contributed by atoms with E-state index in [1.807, 2.05) is 25.1 Å². The minimum atomic E-state index is -0.124. The lowest BCUT2D eigenvalue weighted by Crippen LogP contribution is -2.14. The second-order valence-corrected chi connectivity index (χ2v) is 6.81. The Morgan fingerprint density at radius 2 is 2.16 bits per heavy atom. The minimum absolute atomic E-state index is 0.124. The van der Waals surface area contributed by atoms with Crippen LogP contribution in [0.3, 0.4) is 0 Å². The van der Waals surface area contributed by atoms with Crippen molar-refractivity contribution in [1.82, 2.24) is 9.97 Å². The van der Waals surface area contributed by atoms with Gasteiger partial charge in [0, 0.05) is 16.8 Å². The van der Waals surface area contributed by atoms with Crippen LogP contribution in [0, 0.1) is 6.92 Å². The van der Waals surface area contributed by atoms with E-state index in [2.05, 4.69) is 15.3 Å². The summed E-state index contributed by atoms with van der Waals surface area (Å²) in [6.45, 7) is 1.90. The van der Waals surface area contributed by atoms with E-state index in [9.17, 15) is 4.79 Å². The predicted octanol–water partition coefficient (Wildman–Crippen LogP) is 4.36. The highest BCUT2D eigenvalue weighted by atomic mass is 35.5. The lowest BCUT2D eigenvalue weighted by molar-refractivity contribution is -0.115. The highest BCUT2D eigenvalue weighted by Gasteiger charge is 2.14. The molecule has 2 heterocycles. The molecule has 0 aliphatic rings. The third kappa shape index (κ3) is 4.15. The molecule has 0 unspecified atom stereocenters. The van der Waals surface area contributed by atoms with Crippen LogP contribution in [0.15, 0.2) is 42.6 Å². The number of hydrogen-bond donors (Lipinski definition) is 1. The van der Waals surface area contributed by atoms with Crippen molar-refractivity contribution in [1.29, 1.82) is 0 Å². The molecule has 1 N–H and O–H groups in total. The van der Waals surface area contributed by atoms with Crippen LogP contribution in [-0.4, -0.2) is 23.0 Å². The molecule has 1 amide bonds. The number of halogens is 1. The van der Waals surface area contributed by atoms with Gasteiger partial charge >= 0.3 is 0 Å². The lowest BCUT2D eigenvalue weighted by Gasteiger charge is -2.07. The number of anilines is 1. The molecule has 0 radical (unpaired) electrons. The standard InChI is InChI=1S/C18H16ClN3O2S/c1-11-16(25-18(21-11)14-5-3-4-8-20-14)10-17(23)22-12-6-7-15(24-2)13(19)9-12/h3-9H,10H2,1-2H3,(H,22,23). The van der Waals surface area contributed by atoms with Gasteiger partial charge in [-0.15, -0.1) is 11.3 Å². The molecule has 3 rings (SSSR count). The number of pyridine rings is 1. The van der Waals surface area contributed by atoms with Crippen molar-refractivity contribution < 1.29 is 9.53 Å². The third-order valence-corrected chi connectivity index (χ3v) is 5.01. The number of methoxy groups -OCH3 is 1. The average Bonchev–Trinajstić information content (AvgIpc) is 2.96. The van der Waals surface area contributed by atoms with Gasteiger partial charge in [0.2, 0.25) is 5.91 Å². The van der Waals surface area contributed by atoms with Gasteiger partial charge in [-0.05, 0) is 37.3 Å². The Labute approximate surface area is 154 Å². The first-order chi connectivity index (χ1) is 12.1. The van der Waals surface area contributed by atoms with Crippen molar-refractivity contribution >= 4 is 34.5 Å². The minimum Gasteiger partial charge on any atom is -0.495 e. The van der Waals surface area contributed by atoms with Gasteiger partial charge < -0.3 is 10.1 Å². The first kappa shape index (κ1) is 17.4. The average molecular weight is 374 g/mol. The number of benzene rings is 1. The van der Waals surface area contributed by atoms with Gasteiger partial charge in [0.15, 0.2) is 0 Å². The van der Waals surface area contributed by atoms with Gasteiger partial charge in [0.25, 0.3) is 0 Å². The Morgan fingerprint density at radius 3 is 2.84 bits per heavy atom. The van der Waals surface area contributed by atoms with Crippen molar-refractivity contribution in [2.75, 3.05) is 12.4 Å². The van der Waals surface area contributed by atoms with Crippen molar-refractivity contribution in [2.24, 2.45) is 0 Å². The van der Waals surface area contributed by atoms with Gasteiger partial charge in [-0.1, -0.05) is 17.7 Å². The second-order valence-electron chi connectivity index (χ2n) is 5.32. The topological polar surface area (TPSA) is 64.1 Å². The first-order valence-corrected chi connectivity index (χ1v) is 8.77. The number of amides is 1. The van der Waals surface area contributed by atoms with Gasteiger partial charge in [0.1, 0.15) is 10.8 Å². The number of rotatable bonds is 5. The fourth-order valence-electron chi connectivity index (χ4n) is 2.29. The second kappa shape index (κ2) is 7.63. The summed E-state index contributed by atoms with van der Waals surface area (Å²) in [6, 6.07) is 10.8. The molecule has 7 heteroatoms. The van der Waals surface area contributed by atoms with Crippen LogP contribution in [0.25, 0.3) is 10.7 Å². The summed E-state index contributed by atoms with van der Waals surface area (Å²) in [4.78, 5) is 22.1. The normalized spacial score (nSPS) is 10.5. The van der Waals surface area contributed by atoms with Gasteiger partial charge in [0.05, 0.1) is 29.9 Å². The number of nitrogens with zero attached hydrogens (tertiary/aromatic N) is 2. The molecule has 25 heavy (non-hydrogen) atoms. The molecule has 0 atom stereocenters. The van der Waals surface area contributed by atoms with Crippen molar-refractivity contribution in [3.8, 4) is 16.5 Å². The first-order valence-electron chi connectivity index (χ1n) is 7.58. The van der Waals surface area contributed by atoms with E-state index < -0.39 is 0 Å². The summed E-state index contributed by atoms with van der Waals surface area (Å²) in [6.07, 6.45) is 1.98. The lowest BCUT2D eigenvalue weighted by atomic mass is 10.2. The molecule has 2 aromatic heterocycles. The Kier molecular flexibility index (Phi) is 5.31. The van der Waals surface area contributed by atoms with E-state index in [0.717, 1.165) is 21.3 Å². The zero-order valence-electron chi connectivity index (χ0n) is 13.7. The number of aryl methyl sites for hydroxylation is 1. The summed E-state index contributed by atoms with van der Waals surface area (Å²) in [7, 11) is 1.55. The summed E-state index contributed by atoms with van der Waals surface area (Å²) in [5.74, 6) is 0.443. The smallest absolute Gasteiger partial charge is 0.229 e. The molecule has 5 nitrogen and oxygen atoms in total. The number of ether oxygens (including phenoxy) is 1. The summed E-state index contributed by atoms with van der Waals surface area (Å²) < 4.78 is 5.10. The molecule has 0 saturated heterocycles. The third-order valence-electron chi connectivity index (χ3n) is 3.53.